The van der Waals surface area contributed by atoms with E-state index in [9.17, 15) is 13.2 Å². The molecule has 1 aromatic heterocycles. The second-order valence-electron chi connectivity index (χ2n) is 6.60. The van der Waals surface area contributed by atoms with Crippen molar-refractivity contribution in [2.75, 3.05) is 22.6 Å². The molecule has 1 fully saturated rings. The minimum Gasteiger partial charge on any atom is -0.325 e. The van der Waals surface area contributed by atoms with E-state index in [-0.39, 0.29) is 29.1 Å². The maximum atomic E-state index is 12.3. The number of benzene rings is 1. The fourth-order valence-electron chi connectivity index (χ4n) is 3.12. The van der Waals surface area contributed by atoms with Crippen LogP contribution in [0.5, 0.6) is 0 Å². The van der Waals surface area contributed by atoms with Gasteiger partial charge in [0.05, 0.1) is 17.3 Å². The maximum absolute atomic E-state index is 12.3. The molecule has 1 saturated heterocycles. The smallest absolute Gasteiger partial charge is 0.234 e. The Balaban J connectivity index is 1.63. The van der Waals surface area contributed by atoms with Crippen LogP contribution >= 0.6 is 11.8 Å². The zero-order valence-electron chi connectivity index (χ0n) is 15.0. The summed E-state index contributed by atoms with van der Waals surface area (Å²) in [5, 5.41) is 11.8. The standard InChI is InChI=1S/C17H22N4O3S2/c1-11-5-4-6-12(2)15(11)18-14(22)9-25-17-20-19-16(21(17)3)13-7-8-26(23,24)10-13/h4-6,13H,7-10H2,1-3H3,(H,18,22). The van der Waals surface area contributed by atoms with Crippen molar-refractivity contribution < 1.29 is 13.2 Å². The van der Waals surface area contributed by atoms with Crippen LogP contribution < -0.4 is 5.32 Å². The number of sulfone groups is 1. The Hall–Kier alpha value is -1.87. The Morgan fingerprint density at radius 3 is 2.62 bits per heavy atom. The van der Waals surface area contributed by atoms with Crippen LogP contribution in [0.25, 0.3) is 0 Å². The summed E-state index contributed by atoms with van der Waals surface area (Å²) in [6, 6.07) is 5.88. The first-order valence-electron chi connectivity index (χ1n) is 8.35. The van der Waals surface area contributed by atoms with Gasteiger partial charge in [-0.25, -0.2) is 8.42 Å². The normalized spacial score (nSPS) is 18.8. The Kier molecular flexibility index (Phi) is 5.38. The first-order chi connectivity index (χ1) is 12.3. The molecule has 7 nitrogen and oxygen atoms in total. The van der Waals surface area contributed by atoms with Crippen LogP contribution in [0.2, 0.25) is 0 Å². The average Bonchev–Trinajstić information content (AvgIpc) is 3.11. The Bertz CT molecular complexity index is 917. The molecule has 3 rings (SSSR count). The third-order valence-corrected chi connectivity index (χ3v) is 7.33. The van der Waals surface area contributed by atoms with E-state index in [1.165, 1.54) is 11.8 Å². The highest BCUT2D eigenvalue weighted by Crippen LogP contribution is 2.29. The topological polar surface area (TPSA) is 94.0 Å². The van der Waals surface area contributed by atoms with E-state index in [1.807, 2.05) is 39.1 Å². The molecule has 1 aromatic carbocycles. The number of aryl methyl sites for hydroxylation is 2. The Labute approximate surface area is 157 Å². The summed E-state index contributed by atoms with van der Waals surface area (Å²) < 4.78 is 25.1. The predicted octanol–water partition coefficient (Wildman–Crippen LogP) is 2.06. The van der Waals surface area contributed by atoms with Crippen LogP contribution in [0.1, 0.15) is 29.3 Å². The molecule has 9 heteroatoms. The van der Waals surface area contributed by atoms with Gasteiger partial charge in [0.15, 0.2) is 15.0 Å². The molecule has 2 aromatic rings. The van der Waals surface area contributed by atoms with Gasteiger partial charge >= 0.3 is 0 Å². The van der Waals surface area contributed by atoms with E-state index < -0.39 is 9.84 Å². The molecule has 1 atom stereocenters. The lowest BCUT2D eigenvalue weighted by molar-refractivity contribution is -0.113. The van der Waals surface area contributed by atoms with E-state index in [2.05, 4.69) is 15.5 Å². The zero-order valence-corrected chi connectivity index (χ0v) is 16.7. The van der Waals surface area contributed by atoms with Gasteiger partial charge in [-0.2, -0.15) is 0 Å². The highest BCUT2D eigenvalue weighted by molar-refractivity contribution is 7.99. The second-order valence-corrected chi connectivity index (χ2v) is 9.77. The van der Waals surface area contributed by atoms with E-state index in [0.29, 0.717) is 17.4 Å². The number of amides is 1. The molecule has 0 saturated carbocycles. The molecule has 1 aliphatic heterocycles. The molecule has 0 bridgehead atoms. The van der Waals surface area contributed by atoms with E-state index >= 15 is 0 Å². The molecule has 26 heavy (non-hydrogen) atoms. The van der Waals surface area contributed by atoms with Crippen molar-refractivity contribution in [3.63, 3.8) is 0 Å². The van der Waals surface area contributed by atoms with Crippen molar-refractivity contribution in [1.29, 1.82) is 0 Å². The second kappa shape index (κ2) is 7.40. The van der Waals surface area contributed by atoms with Gasteiger partial charge in [-0.15, -0.1) is 10.2 Å². The average molecular weight is 395 g/mol. The Morgan fingerprint density at radius 1 is 1.31 bits per heavy atom. The van der Waals surface area contributed by atoms with E-state index in [1.54, 1.807) is 4.57 Å². The molecular formula is C17H22N4O3S2. The molecule has 1 unspecified atom stereocenters. The number of aromatic nitrogens is 3. The highest BCUT2D eigenvalue weighted by Gasteiger charge is 2.32. The number of nitrogens with zero attached hydrogens (tertiary/aromatic N) is 3. The quantitative estimate of drug-likeness (QED) is 0.780. The zero-order chi connectivity index (χ0) is 18.9. The number of para-hydroxylation sites is 1. The first kappa shape index (κ1) is 18.9. The van der Waals surface area contributed by atoms with Gasteiger partial charge in [0.25, 0.3) is 0 Å². The first-order valence-corrected chi connectivity index (χ1v) is 11.2. The molecule has 0 aliphatic carbocycles. The largest absolute Gasteiger partial charge is 0.325 e. The lowest BCUT2D eigenvalue weighted by Gasteiger charge is -2.11. The monoisotopic (exact) mass is 394 g/mol. The fraction of sp³-hybridized carbons (Fsp3) is 0.471. The van der Waals surface area contributed by atoms with Gasteiger partial charge in [-0.3, -0.25) is 4.79 Å². The number of hydrogen-bond donors (Lipinski definition) is 1. The van der Waals surface area contributed by atoms with E-state index in [4.69, 9.17) is 0 Å². The summed E-state index contributed by atoms with van der Waals surface area (Å²) in [5.41, 5.74) is 2.88. The molecule has 1 amide bonds. The molecule has 2 heterocycles. The Morgan fingerprint density at radius 2 is 2.00 bits per heavy atom. The number of carbonyl (C=O) groups excluding carboxylic acids is 1. The molecule has 0 radical (unpaired) electrons. The number of thioether (sulfide) groups is 1. The highest BCUT2D eigenvalue weighted by atomic mass is 32.2. The maximum Gasteiger partial charge on any atom is 0.234 e. The lowest BCUT2D eigenvalue weighted by atomic mass is 10.1. The molecular weight excluding hydrogens is 372 g/mol. The van der Waals surface area contributed by atoms with Crippen LogP contribution in [-0.2, 0) is 21.7 Å². The third kappa shape index (κ3) is 4.09. The molecule has 0 spiro atoms. The lowest BCUT2D eigenvalue weighted by Crippen LogP contribution is -2.16. The minimum atomic E-state index is -2.97. The fourth-order valence-corrected chi connectivity index (χ4v) is 5.58. The minimum absolute atomic E-state index is 0.111. The van der Waals surface area contributed by atoms with Gasteiger partial charge < -0.3 is 9.88 Å². The van der Waals surface area contributed by atoms with Crippen molar-refractivity contribution in [1.82, 2.24) is 14.8 Å². The summed E-state index contributed by atoms with van der Waals surface area (Å²) in [4.78, 5) is 12.3. The molecule has 1 aliphatic rings. The van der Waals surface area contributed by atoms with Crippen LogP contribution in [0.4, 0.5) is 5.69 Å². The number of carbonyl (C=O) groups is 1. The van der Waals surface area contributed by atoms with Crippen molar-refractivity contribution in [2.24, 2.45) is 7.05 Å². The van der Waals surface area contributed by atoms with Gasteiger partial charge in [0, 0.05) is 18.7 Å². The summed E-state index contributed by atoms with van der Waals surface area (Å²) in [7, 11) is -1.16. The number of rotatable bonds is 5. The van der Waals surface area contributed by atoms with Crippen molar-refractivity contribution in [3.8, 4) is 0 Å². The van der Waals surface area contributed by atoms with Gasteiger partial charge in [0.2, 0.25) is 5.91 Å². The van der Waals surface area contributed by atoms with Gasteiger partial charge in [0.1, 0.15) is 5.82 Å². The van der Waals surface area contributed by atoms with Crippen LogP contribution in [-0.4, -0.2) is 46.3 Å². The molecule has 1 N–H and O–H groups in total. The van der Waals surface area contributed by atoms with Gasteiger partial charge in [-0.05, 0) is 31.4 Å². The van der Waals surface area contributed by atoms with Gasteiger partial charge in [-0.1, -0.05) is 30.0 Å². The SMILES string of the molecule is Cc1cccc(C)c1NC(=O)CSc1nnc(C2CCS(=O)(=O)C2)n1C. The third-order valence-electron chi connectivity index (χ3n) is 4.54. The predicted molar refractivity (Wildman–Crippen MR) is 102 cm³/mol. The molecule has 140 valence electrons. The number of nitrogens with one attached hydrogen (secondary N) is 1. The van der Waals surface area contributed by atoms with Crippen LogP contribution in [0, 0.1) is 13.8 Å². The summed E-state index contributed by atoms with van der Waals surface area (Å²) >= 11 is 1.29. The van der Waals surface area contributed by atoms with Crippen LogP contribution in [0.15, 0.2) is 23.4 Å². The summed E-state index contributed by atoms with van der Waals surface area (Å²) in [6.45, 7) is 3.92. The van der Waals surface area contributed by atoms with Crippen molar-refractivity contribution in [3.05, 3.63) is 35.2 Å². The van der Waals surface area contributed by atoms with Crippen molar-refractivity contribution >= 4 is 33.2 Å². The summed E-state index contributed by atoms with van der Waals surface area (Å²) in [6.07, 6.45) is 0.575. The van der Waals surface area contributed by atoms with E-state index in [0.717, 1.165) is 16.8 Å². The summed E-state index contributed by atoms with van der Waals surface area (Å²) in [5.74, 6) is 0.976. The van der Waals surface area contributed by atoms with Crippen LogP contribution in [0.3, 0.4) is 0 Å². The van der Waals surface area contributed by atoms with Crippen molar-refractivity contribution in [2.45, 2.75) is 31.3 Å². The number of anilines is 1. The number of hydrogen-bond acceptors (Lipinski definition) is 6.